The SMILES string of the molecule is COc1cc(O)c2c(=O)c3c(OC4OC(COC5OCC(O)C(O)C5O)C(O)C(O)C4O)c(O)ccc3oc2c1. The number of aliphatic hydroxyl groups is 6. The van der Waals surface area contributed by atoms with Crippen molar-refractivity contribution in [3.63, 3.8) is 0 Å². The summed E-state index contributed by atoms with van der Waals surface area (Å²) < 4.78 is 32.6. The number of phenolic OH excluding ortho intramolecular Hbond substituents is 2. The van der Waals surface area contributed by atoms with Crippen molar-refractivity contribution < 1.29 is 69.0 Å². The van der Waals surface area contributed by atoms with E-state index in [1.807, 2.05) is 0 Å². The largest absolute Gasteiger partial charge is 0.507 e. The first-order valence-electron chi connectivity index (χ1n) is 12.1. The highest BCUT2D eigenvalue weighted by Crippen LogP contribution is 2.39. The van der Waals surface area contributed by atoms with Gasteiger partial charge in [0, 0.05) is 12.1 Å². The molecule has 40 heavy (non-hydrogen) atoms. The number of fused-ring (bicyclic) bond motifs is 2. The number of rotatable bonds is 6. The maximum atomic E-state index is 13.4. The van der Waals surface area contributed by atoms with E-state index in [0.717, 1.165) is 6.07 Å². The number of phenols is 2. The summed E-state index contributed by atoms with van der Waals surface area (Å²) in [6.07, 6.45) is -14.5. The molecule has 218 valence electrons. The van der Waals surface area contributed by atoms with Crippen LogP contribution < -0.4 is 14.9 Å². The third kappa shape index (κ3) is 4.91. The molecule has 15 heteroatoms. The standard InChI is InChI=1S/C25H28O15/c1-35-8-4-10(27)15-13(5-8)38-12-3-2-9(26)23(16(12)19(15)31)40-25-22(34)20(32)18(30)14(39-25)7-37-24-21(33)17(29)11(28)6-36-24/h2-5,11,14,17-18,20-22,24-30,32-34H,6-7H2,1H3. The van der Waals surface area contributed by atoms with E-state index in [1.54, 1.807) is 0 Å². The van der Waals surface area contributed by atoms with Crippen LogP contribution in [0.25, 0.3) is 21.9 Å². The van der Waals surface area contributed by atoms with Crippen LogP contribution in [0.4, 0.5) is 0 Å². The summed E-state index contributed by atoms with van der Waals surface area (Å²) in [5.74, 6) is -1.31. The van der Waals surface area contributed by atoms with Gasteiger partial charge in [-0.1, -0.05) is 0 Å². The van der Waals surface area contributed by atoms with Crippen LogP contribution in [0, 0.1) is 0 Å². The summed E-state index contributed by atoms with van der Waals surface area (Å²) in [5, 5.41) is 81.3. The molecule has 9 unspecified atom stereocenters. The molecular formula is C25H28O15. The number of aliphatic hydroxyl groups excluding tert-OH is 6. The topological polar surface area (TPSA) is 238 Å². The predicted molar refractivity (Wildman–Crippen MR) is 131 cm³/mol. The lowest BCUT2D eigenvalue weighted by atomic mass is 9.99. The number of methoxy groups -OCH3 is 1. The molecule has 2 aliphatic heterocycles. The first kappa shape index (κ1) is 28.3. The van der Waals surface area contributed by atoms with Crippen molar-refractivity contribution in [3.8, 4) is 23.0 Å². The van der Waals surface area contributed by atoms with Crippen LogP contribution in [0.3, 0.4) is 0 Å². The number of hydrogen-bond acceptors (Lipinski definition) is 15. The molecule has 0 saturated carbocycles. The Morgan fingerprint density at radius 1 is 0.850 bits per heavy atom. The smallest absolute Gasteiger partial charge is 0.229 e. The zero-order chi connectivity index (χ0) is 28.9. The third-order valence-corrected chi connectivity index (χ3v) is 6.84. The van der Waals surface area contributed by atoms with Crippen LogP contribution in [0.1, 0.15) is 0 Å². The second kappa shape index (κ2) is 11.0. The first-order chi connectivity index (χ1) is 19.0. The van der Waals surface area contributed by atoms with Crippen LogP contribution >= 0.6 is 0 Å². The Balaban J connectivity index is 1.44. The summed E-state index contributed by atoms with van der Waals surface area (Å²) in [6.45, 7) is -0.886. The maximum absolute atomic E-state index is 13.4. The van der Waals surface area contributed by atoms with Gasteiger partial charge in [-0.2, -0.15) is 0 Å². The number of benzene rings is 2. The van der Waals surface area contributed by atoms with Gasteiger partial charge >= 0.3 is 0 Å². The van der Waals surface area contributed by atoms with E-state index in [1.165, 1.54) is 25.3 Å². The minimum Gasteiger partial charge on any atom is -0.507 e. The molecule has 2 aromatic carbocycles. The maximum Gasteiger partial charge on any atom is 0.229 e. The summed E-state index contributed by atoms with van der Waals surface area (Å²) in [5.41, 5.74) is -0.870. The van der Waals surface area contributed by atoms with Crippen LogP contribution in [-0.2, 0) is 14.2 Å². The zero-order valence-electron chi connectivity index (χ0n) is 20.9. The minimum atomic E-state index is -1.88. The zero-order valence-corrected chi connectivity index (χ0v) is 20.9. The minimum absolute atomic E-state index is 0.0135. The van der Waals surface area contributed by atoms with E-state index < -0.39 is 84.6 Å². The van der Waals surface area contributed by atoms with Gasteiger partial charge in [-0.3, -0.25) is 4.79 Å². The molecule has 0 spiro atoms. The van der Waals surface area contributed by atoms with Crippen LogP contribution in [0.5, 0.6) is 23.0 Å². The Kier molecular flexibility index (Phi) is 7.75. The molecule has 9 atom stereocenters. The van der Waals surface area contributed by atoms with Gasteiger partial charge < -0.3 is 69.0 Å². The van der Waals surface area contributed by atoms with Crippen molar-refractivity contribution in [2.75, 3.05) is 20.3 Å². The van der Waals surface area contributed by atoms with E-state index in [4.69, 9.17) is 28.1 Å². The highest BCUT2D eigenvalue weighted by molar-refractivity contribution is 5.97. The number of ether oxygens (including phenoxy) is 5. The first-order valence-corrected chi connectivity index (χ1v) is 12.1. The molecule has 1 aromatic heterocycles. The van der Waals surface area contributed by atoms with Gasteiger partial charge in [-0.25, -0.2) is 0 Å². The van der Waals surface area contributed by atoms with Gasteiger partial charge in [0.2, 0.25) is 11.7 Å². The van der Waals surface area contributed by atoms with Crippen molar-refractivity contribution in [3.05, 3.63) is 34.5 Å². The average Bonchev–Trinajstić information content (AvgIpc) is 2.93. The van der Waals surface area contributed by atoms with E-state index in [0.29, 0.717) is 0 Å². The molecule has 15 nitrogen and oxygen atoms in total. The highest BCUT2D eigenvalue weighted by atomic mass is 16.7. The lowest BCUT2D eigenvalue weighted by Gasteiger charge is -2.41. The Bertz CT molecular complexity index is 1440. The summed E-state index contributed by atoms with van der Waals surface area (Å²) in [4.78, 5) is 13.4. The van der Waals surface area contributed by atoms with Crippen molar-refractivity contribution in [2.45, 2.75) is 55.3 Å². The Morgan fingerprint density at radius 3 is 2.30 bits per heavy atom. The molecule has 0 radical (unpaired) electrons. The monoisotopic (exact) mass is 568 g/mol. The molecule has 5 rings (SSSR count). The van der Waals surface area contributed by atoms with Crippen LogP contribution in [-0.4, -0.2) is 116 Å². The predicted octanol–water partition coefficient (Wildman–Crippen LogP) is -1.99. The van der Waals surface area contributed by atoms with Gasteiger partial charge in [-0.15, -0.1) is 0 Å². The van der Waals surface area contributed by atoms with Crippen LogP contribution in [0.15, 0.2) is 33.5 Å². The summed E-state index contributed by atoms with van der Waals surface area (Å²) in [6, 6.07) is 5.00. The molecule has 0 amide bonds. The molecule has 2 saturated heterocycles. The third-order valence-electron chi connectivity index (χ3n) is 6.84. The quantitative estimate of drug-likeness (QED) is 0.150. The molecule has 0 aliphatic carbocycles. The van der Waals surface area contributed by atoms with Crippen molar-refractivity contribution in [1.82, 2.24) is 0 Å². The van der Waals surface area contributed by atoms with E-state index >= 15 is 0 Å². The van der Waals surface area contributed by atoms with Gasteiger partial charge in [0.25, 0.3) is 0 Å². The average molecular weight is 568 g/mol. The fourth-order valence-corrected chi connectivity index (χ4v) is 4.60. The van der Waals surface area contributed by atoms with E-state index in [-0.39, 0.29) is 34.3 Å². The molecular weight excluding hydrogens is 540 g/mol. The normalized spacial score (nSPS) is 32.8. The van der Waals surface area contributed by atoms with Gasteiger partial charge in [0.15, 0.2) is 17.8 Å². The van der Waals surface area contributed by atoms with E-state index in [2.05, 4.69) is 0 Å². The van der Waals surface area contributed by atoms with Crippen molar-refractivity contribution in [2.24, 2.45) is 0 Å². The molecule has 8 N–H and O–H groups in total. The fourth-order valence-electron chi connectivity index (χ4n) is 4.60. The lowest BCUT2D eigenvalue weighted by Crippen LogP contribution is -2.61. The van der Waals surface area contributed by atoms with Gasteiger partial charge in [0.1, 0.15) is 76.2 Å². The number of hydrogen-bond donors (Lipinski definition) is 8. The molecule has 3 heterocycles. The Labute approximate surface area is 224 Å². The summed E-state index contributed by atoms with van der Waals surface area (Å²) in [7, 11) is 1.36. The van der Waals surface area contributed by atoms with E-state index in [9.17, 15) is 45.6 Å². The van der Waals surface area contributed by atoms with Crippen molar-refractivity contribution in [1.29, 1.82) is 0 Å². The molecule has 2 aliphatic rings. The Hall–Kier alpha value is -3.25. The van der Waals surface area contributed by atoms with Crippen LogP contribution in [0.2, 0.25) is 0 Å². The fraction of sp³-hybridized carbons (Fsp3) is 0.480. The lowest BCUT2D eigenvalue weighted by molar-refractivity contribution is -0.307. The highest BCUT2D eigenvalue weighted by Gasteiger charge is 2.47. The summed E-state index contributed by atoms with van der Waals surface area (Å²) >= 11 is 0. The van der Waals surface area contributed by atoms with Crippen molar-refractivity contribution >= 4 is 21.9 Å². The van der Waals surface area contributed by atoms with Gasteiger partial charge in [0.05, 0.1) is 20.3 Å². The second-order valence-corrected chi connectivity index (χ2v) is 9.45. The molecule has 3 aromatic rings. The Morgan fingerprint density at radius 2 is 1.57 bits per heavy atom. The second-order valence-electron chi connectivity index (χ2n) is 9.45. The number of aromatic hydroxyl groups is 2. The molecule has 2 fully saturated rings. The molecule has 0 bridgehead atoms. The van der Waals surface area contributed by atoms with Gasteiger partial charge in [-0.05, 0) is 12.1 Å².